The Kier molecular flexibility index (Phi) is 8.02. The van der Waals surface area contributed by atoms with Crippen LogP contribution in [-0.4, -0.2) is 32.3 Å². The predicted octanol–water partition coefficient (Wildman–Crippen LogP) is 6.28. The number of rotatable bonds is 7. The summed E-state index contributed by atoms with van der Waals surface area (Å²) in [6.07, 6.45) is 2.52. The van der Waals surface area contributed by atoms with Gasteiger partial charge in [0.15, 0.2) is 0 Å². The second-order valence-electron chi connectivity index (χ2n) is 8.92. The number of benzene rings is 3. The number of anilines is 2. The molecule has 1 amide bonds. The molecule has 3 aromatic rings. The number of piperidine rings is 1. The highest BCUT2D eigenvalue weighted by Gasteiger charge is 2.17. The fourth-order valence-corrected chi connectivity index (χ4v) is 5.76. The number of carbonyl (C=O) groups is 1. The molecule has 1 unspecified atom stereocenters. The minimum absolute atomic E-state index is 0.0444. The summed E-state index contributed by atoms with van der Waals surface area (Å²) >= 11 is 11.9. The zero-order valence-electron chi connectivity index (χ0n) is 19.3. The lowest BCUT2D eigenvalue weighted by Crippen LogP contribution is -2.33. The van der Waals surface area contributed by atoms with Crippen molar-refractivity contribution in [2.75, 3.05) is 23.1 Å². The number of hydrogen-bond donors (Lipinski definition) is 2. The molecule has 1 saturated heterocycles. The van der Waals surface area contributed by atoms with E-state index in [0.717, 1.165) is 25.6 Å². The topological polar surface area (TPSA) is 78.5 Å². The third-order valence-electron chi connectivity index (χ3n) is 5.90. The molecular weight excluding hydrogens is 505 g/mol. The van der Waals surface area contributed by atoms with Crippen LogP contribution in [0, 0.1) is 5.92 Å². The Morgan fingerprint density at radius 1 is 0.971 bits per heavy atom. The molecule has 0 saturated carbocycles. The molecule has 184 valence electrons. The molecule has 35 heavy (non-hydrogen) atoms. The summed E-state index contributed by atoms with van der Waals surface area (Å²) in [4.78, 5) is 15.2. The number of carbonyl (C=O) groups excluding carboxylic acids is 1. The fraction of sp³-hybridized carbons (Fsp3) is 0.269. The van der Waals surface area contributed by atoms with E-state index in [1.54, 1.807) is 12.1 Å². The van der Waals surface area contributed by atoms with Crippen molar-refractivity contribution in [3.05, 3.63) is 87.9 Å². The smallest absolute Gasteiger partial charge is 0.261 e. The van der Waals surface area contributed by atoms with Gasteiger partial charge in [0.25, 0.3) is 15.9 Å². The van der Waals surface area contributed by atoms with Gasteiger partial charge in [-0.05, 0) is 85.5 Å². The number of nitrogens with zero attached hydrogens (tertiary/aromatic N) is 1. The van der Waals surface area contributed by atoms with E-state index >= 15 is 0 Å². The van der Waals surface area contributed by atoms with Gasteiger partial charge in [-0.25, -0.2) is 8.42 Å². The maximum Gasteiger partial charge on any atom is 0.261 e. The van der Waals surface area contributed by atoms with Crippen molar-refractivity contribution in [2.24, 2.45) is 5.92 Å². The van der Waals surface area contributed by atoms with Gasteiger partial charge in [0, 0.05) is 34.4 Å². The molecule has 1 atom stereocenters. The SMILES string of the molecule is CC1CCCN(Cc2ccc(C(=O)Nc3ccc(S(=O)(=O)Nc4cc(Cl)cc(Cl)c4)cc3)cc2)C1. The van der Waals surface area contributed by atoms with Gasteiger partial charge in [-0.1, -0.05) is 42.3 Å². The van der Waals surface area contributed by atoms with Crippen LogP contribution in [0.5, 0.6) is 0 Å². The molecule has 0 aliphatic carbocycles. The molecule has 4 rings (SSSR count). The average Bonchev–Trinajstić information content (AvgIpc) is 2.79. The van der Waals surface area contributed by atoms with Crippen LogP contribution in [0.4, 0.5) is 11.4 Å². The van der Waals surface area contributed by atoms with E-state index in [-0.39, 0.29) is 16.5 Å². The summed E-state index contributed by atoms with van der Waals surface area (Å²) in [6, 6.07) is 18.0. The Hall–Kier alpha value is -2.58. The number of sulfonamides is 1. The predicted molar refractivity (Wildman–Crippen MR) is 142 cm³/mol. The first kappa shape index (κ1) is 25.5. The fourth-order valence-electron chi connectivity index (χ4n) is 4.20. The van der Waals surface area contributed by atoms with E-state index in [4.69, 9.17) is 23.2 Å². The maximum atomic E-state index is 12.7. The zero-order chi connectivity index (χ0) is 25.0. The molecule has 1 aliphatic heterocycles. The number of hydrogen-bond acceptors (Lipinski definition) is 4. The van der Waals surface area contributed by atoms with Crippen molar-refractivity contribution in [1.29, 1.82) is 0 Å². The Balaban J connectivity index is 1.36. The number of halogens is 2. The van der Waals surface area contributed by atoms with Crippen molar-refractivity contribution in [3.63, 3.8) is 0 Å². The maximum absolute atomic E-state index is 12.7. The molecule has 2 N–H and O–H groups in total. The van der Waals surface area contributed by atoms with E-state index in [0.29, 0.717) is 21.3 Å². The molecule has 0 aromatic heterocycles. The average molecular weight is 532 g/mol. The van der Waals surface area contributed by atoms with Gasteiger partial charge in [0.05, 0.1) is 10.6 Å². The third kappa shape index (κ3) is 6.98. The van der Waals surface area contributed by atoms with Crippen molar-refractivity contribution in [2.45, 2.75) is 31.2 Å². The van der Waals surface area contributed by atoms with E-state index in [2.05, 4.69) is 21.9 Å². The first-order chi connectivity index (χ1) is 16.7. The molecular formula is C26H27Cl2N3O3S. The minimum atomic E-state index is -3.85. The van der Waals surface area contributed by atoms with Gasteiger partial charge in [-0.15, -0.1) is 0 Å². The Bertz CT molecular complexity index is 1280. The summed E-state index contributed by atoms with van der Waals surface area (Å²) in [7, 11) is -3.85. The zero-order valence-corrected chi connectivity index (χ0v) is 21.6. The first-order valence-corrected chi connectivity index (χ1v) is 13.6. The van der Waals surface area contributed by atoms with Crippen LogP contribution in [0.15, 0.2) is 71.6 Å². The highest BCUT2D eigenvalue weighted by molar-refractivity contribution is 7.92. The van der Waals surface area contributed by atoms with E-state index in [1.165, 1.54) is 48.7 Å². The number of nitrogens with one attached hydrogen (secondary N) is 2. The highest BCUT2D eigenvalue weighted by atomic mass is 35.5. The number of likely N-dealkylation sites (tertiary alicyclic amines) is 1. The Morgan fingerprint density at radius 2 is 1.63 bits per heavy atom. The molecule has 1 aliphatic rings. The van der Waals surface area contributed by atoms with Crippen LogP contribution in [0.1, 0.15) is 35.7 Å². The summed E-state index contributed by atoms with van der Waals surface area (Å²) in [5.41, 5.74) is 2.47. The Labute approximate surface area is 216 Å². The van der Waals surface area contributed by atoms with Crippen molar-refractivity contribution in [3.8, 4) is 0 Å². The van der Waals surface area contributed by atoms with Crippen LogP contribution in [0.25, 0.3) is 0 Å². The lowest BCUT2D eigenvalue weighted by molar-refractivity contribution is 0.102. The van der Waals surface area contributed by atoms with Crippen molar-refractivity contribution >= 4 is 50.5 Å². The summed E-state index contributed by atoms with van der Waals surface area (Å²) in [6.45, 7) is 5.39. The molecule has 0 radical (unpaired) electrons. The normalized spacial score (nSPS) is 16.6. The van der Waals surface area contributed by atoms with Gasteiger partial charge < -0.3 is 5.32 Å². The quantitative estimate of drug-likeness (QED) is 0.376. The molecule has 9 heteroatoms. The molecule has 1 heterocycles. The molecule has 0 spiro atoms. The van der Waals surface area contributed by atoms with E-state index in [1.807, 2.05) is 24.3 Å². The Morgan fingerprint density at radius 3 is 2.26 bits per heavy atom. The second kappa shape index (κ2) is 11.0. The third-order valence-corrected chi connectivity index (χ3v) is 7.73. The van der Waals surface area contributed by atoms with Crippen molar-refractivity contribution in [1.82, 2.24) is 4.90 Å². The largest absolute Gasteiger partial charge is 0.322 e. The van der Waals surface area contributed by atoms with E-state index < -0.39 is 10.0 Å². The van der Waals surface area contributed by atoms with Gasteiger partial charge >= 0.3 is 0 Å². The molecule has 1 fully saturated rings. The second-order valence-corrected chi connectivity index (χ2v) is 11.5. The summed E-state index contributed by atoms with van der Waals surface area (Å²) in [5.74, 6) is 0.465. The van der Waals surface area contributed by atoms with E-state index in [9.17, 15) is 13.2 Å². The van der Waals surface area contributed by atoms with Crippen molar-refractivity contribution < 1.29 is 13.2 Å². The summed E-state index contributed by atoms with van der Waals surface area (Å²) < 4.78 is 27.8. The van der Waals surface area contributed by atoms with Gasteiger partial charge in [-0.3, -0.25) is 14.4 Å². The minimum Gasteiger partial charge on any atom is -0.322 e. The number of amides is 1. The van der Waals surface area contributed by atoms with Gasteiger partial charge in [0.2, 0.25) is 0 Å². The van der Waals surface area contributed by atoms with Crippen LogP contribution in [0.2, 0.25) is 10.0 Å². The standard InChI is InChI=1S/C26H27Cl2N3O3S/c1-18-3-2-12-31(16-18)17-19-4-6-20(7-5-19)26(32)29-23-8-10-25(11-9-23)35(33,34)30-24-14-21(27)13-22(28)15-24/h4-11,13-15,18,30H,2-3,12,16-17H2,1H3,(H,29,32). The first-order valence-electron chi connectivity index (χ1n) is 11.4. The van der Waals surface area contributed by atoms with Crippen LogP contribution < -0.4 is 10.0 Å². The molecule has 0 bridgehead atoms. The van der Waals surface area contributed by atoms with Gasteiger partial charge in [-0.2, -0.15) is 0 Å². The molecule has 3 aromatic carbocycles. The molecule has 6 nitrogen and oxygen atoms in total. The van der Waals surface area contributed by atoms with Crippen LogP contribution in [0.3, 0.4) is 0 Å². The van der Waals surface area contributed by atoms with Gasteiger partial charge in [0.1, 0.15) is 0 Å². The lowest BCUT2D eigenvalue weighted by atomic mass is 9.99. The van der Waals surface area contributed by atoms with Crippen LogP contribution >= 0.6 is 23.2 Å². The van der Waals surface area contributed by atoms with Crippen LogP contribution in [-0.2, 0) is 16.6 Å². The lowest BCUT2D eigenvalue weighted by Gasteiger charge is -2.30. The monoisotopic (exact) mass is 531 g/mol. The highest BCUT2D eigenvalue weighted by Crippen LogP contribution is 2.25. The summed E-state index contributed by atoms with van der Waals surface area (Å²) in [5, 5.41) is 3.45.